The van der Waals surface area contributed by atoms with Gasteiger partial charge >= 0.3 is 0 Å². The van der Waals surface area contributed by atoms with Gasteiger partial charge in [-0.1, -0.05) is 5.16 Å². The van der Waals surface area contributed by atoms with Crippen LogP contribution in [-0.2, 0) is 4.79 Å². The molecule has 2 heterocycles. The van der Waals surface area contributed by atoms with Crippen molar-refractivity contribution in [2.75, 3.05) is 14.1 Å². The van der Waals surface area contributed by atoms with Gasteiger partial charge in [-0.05, 0) is 13.8 Å². The molecule has 0 fully saturated rings. The van der Waals surface area contributed by atoms with Gasteiger partial charge in [0.25, 0.3) is 0 Å². The standard InChI is InChI=1S/C12H15N5O2/c1-8-5-11(15-19-8)17-7-13-12(14-17)10(9(2)18)6-16(3)4/h5-7H,1-4H3. The molecule has 0 atom stereocenters. The molecule has 0 radical (unpaired) electrons. The van der Waals surface area contributed by atoms with Crippen molar-refractivity contribution in [3.63, 3.8) is 0 Å². The molecule has 0 aliphatic heterocycles. The van der Waals surface area contributed by atoms with Gasteiger partial charge in [0.15, 0.2) is 17.4 Å². The van der Waals surface area contributed by atoms with Crippen molar-refractivity contribution in [2.24, 2.45) is 0 Å². The smallest absolute Gasteiger partial charge is 0.198 e. The number of hydrogen-bond donors (Lipinski definition) is 0. The predicted octanol–water partition coefficient (Wildman–Crippen LogP) is 1.06. The Labute approximate surface area is 110 Å². The van der Waals surface area contributed by atoms with Crippen LogP contribution < -0.4 is 0 Å². The normalized spacial score (nSPS) is 11.7. The van der Waals surface area contributed by atoms with Crippen LogP contribution in [0.25, 0.3) is 11.4 Å². The number of aryl methyl sites for hydroxylation is 1. The van der Waals surface area contributed by atoms with Crippen LogP contribution in [0.5, 0.6) is 0 Å². The summed E-state index contributed by atoms with van der Waals surface area (Å²) in [7, 11) is 3.67. The Bertz CT molecular complexity index is 624. The number of carbonyl (C=O) groups excluding carboxylic acids is 1. The van der Waals surface area contributed by atoms with Crippen LogP contribution >= 0.6 is 0 Å². The lowest BCUT2D eigenvalue weighted by atomic mass is 10.2. The highest BCUT2D eigenvalue weighted by Crippen LogP contribution is 2.13. The second kappa shape index (κ2) is 5.05. The highest BCUT2D eigenvalue weighted by molar-refractivity contribution is 6.18. The molecular formula is C12H15N5O2. The molecule has 0 aliphatic carbocycles. The molecule has 0 bridgehead atoms. The first kappa shape index (κ1) is 13.0. The average molecular weight is 261 g/mol. The molecule has 2 rings (SSSR count). The molecule has 0 unspecified atom stereocenters. The summed E-state index contributed by atoms with van der Waals surface area (Å²) in [5, 5.41) is 8.07. The zero-order valence-electron chi connectivity index (χ0n) is 11.3. The minimum absolute atomic E-state index is 0.0946. The van der Waals surface area contributed by atoms with E-state index in [1.165, 1.54) is 17.9 Å². The summed E-state index contributed by atoms with van der Waals surface area (Å²) in [4.78, 5) is 17.5. The molecule has 7 heteroatoms. The van der Waals surface area contributed by atoms with Crippen LogP contribution in [0.1, 0.15) is 18.5 Å². The number of carbonyl (C=O) groups is 1. The van der Waals surface area contributed by atoms with Crippen LogP contribution in [0, 0.1) is 6.92 Å². The van der Waals surface area contributed by atoms with Gasteiger partial charge < -0.3 is 9.42 Å². The molecule has 0 aromatic carbocycles. The summed E-state index contributed by atoms with van der Waals surface area (Å²) in [5.41, 5.74) is 0.448. The molecule has 2 aromatic rings. The minimum atomic E-state index is -0.0946. The largest absolute Gasteiger partial charge is 0.383 e. The number of ketones is 1. The van der Waals surface area contributed by atoms with Crippen molar-refractivity contribution >= 4 is 11.4 Å². The molecule has 0 saturated heterocycles. The highest BCUT2D eigenvalue weighted by Gasteiger charge is 2.14. The Morgan fingerprint density at radius 3 is 2.74 bits per heavy atom. The second-order valence-electron chi connectivity index (χ2n) is 4.37. The average Bonchev–Trinajstić information content (AvgIpc) is 2.93. The van der Waals surface area contributed by atoms with Crippen LogP contribution in [0.2, 0.25) is 0 Å². The quantitative estimate of drug-likeness (QED) is 0.766. The SMILES string of the molecule is CC(=O)C(=CN(C)C)c1ncn(-c2cc(C)on2)n1. The van der Waals surface area contributed by atoms with Crippen LogP contribution in [-0.4, -0.2) is 44.7 Å². The number of allylic oxidation sites excluding steroid dienone is 1. The second-order valence-corrected chi connectivity index (χ2v) is 4.37. The third-order valence-electron chi connectivity index (χ3n) is 2.35. The van der Waals surface area contributed by atoms with Crippen LogP contribution in [0.4, 0.5) is 0 Å². The van der Waals surface area contributed by atoms with E-state index in [1.807, 2.05) is 14.1 Å². The van der Waals surface area contributed by atoms with E-state index in [4.69, 9.17) is 4.52 Å². The van der Waals surface area contributed by atoms with Crippen molar-refractivity contribution in [2.45, 2.75) is 13.8 Å². The zero-order chi connectivity index (χ0) is 14.0. The van der Waals surface area contributed by atoms with Crippen molar-refractivity contribution < 1.29 is 9.32 Å². The zero-order valence-corrected chi connectivity index (χ0v) is 11.3. The molecule has 0 aliphatic rings. The molecule has 0 saturated carbocycles. The fourth-order valence-electron chi connectivity index (χ4n) is 1.52. The number of Topliss-reactive ketones (excluding diaryl/α,β-unsaturated/α-hetero) is 1. The van der Waals surface area contributed by atoms with Gasteiger partial charge in [-0.3, -0.25) is 4.79 Å². The third-order valence-corrected chi connectivity index (χ3v) is 2.35. The Balaban J connectivity index is 2.37. The van der Waals surface area contributed by atoms with E-state index in [-0.39, 0.29) is 5.78 Å². The summed E-state index contributed by atoms with van der Waals surface area (Å²) in [6.07, 6.45) is 3.19. The van der Waals surface area contributed by atoms with Crippen molar-refractivity contribution in [3.8, 4) is 5.82 Å². The van der Waals surface area contributed by atoms with Crippen molar-refractivity contribution in [3.05, 3.63) is 30.2 Å². The molecule has 2 aromatic heterocycles. The van der Waals surface area contributed by atoms with Crippen molar-refractivity contribution in [1.29, 1.82) is 0 Å². The van der Waals surface area contributed by atoms with E-state index in [9.17, 15) is 4.79 Å². The Morgan fingerprint density at radius 2 is 2.21 bits per heavy atom. The number of hydrogen-bond acceptors (Lipinski definition) is 6. The first-order valence-corrected chi connectivity index (χ1v) is 5.72. The maximum Gasteiger partial charge on any atom is 0.198 e. The minimum Gasteiger partial charge on any atom is -0.383 e. The molecular weight excluding hydrogens is 246 g/mol. The number of rotatable bonds is 4. The molecule has 7 nitrogen and oxygen atoms in total. The maximum absolute atomic E-state index is 11.6. The van der Waals surface area contributed by atoms with E-state index in [0.29, 0.717) is 23.0 Å². The van der Waals surface area contributed by atoms with E-state index in [2.05, 4.69) is 15.2 Å². The topological polar surface area (TPSA) is 77.0 Å². The number of nitrogens with zero attached hydrogens (tertiary/aromatic N) is 5. The summed E-state index contributed by atoms with van der Waals surface area (Å²) in [6, 6.07) is 1.74. The van der Waals surface area contributed by atoms with Crippen LogP contribution in [0.3, 0.4) is 0 Å². The monoisotopic (exact) mass is 261 g/mol. The molecule has 0 spiro atoms. The van der Waals surface area contributed by atoms with Gasteiger partial charge in [0.2, 0.25) is 0 Å². The Hall–Kier alpha value is -2.44. The summed E-state index contributed by atoms with van der Waals surface area (Å²) in [6.45, 7) is 3.28. The van der Waals surface area contributed by atoms with Gasteiger partial charge in [-0.15, -0.1) is 5.10 Å². The lowest BCUT2D eigenvalue weighted by molar-refractivity contribution is -0.111. The van der Waals surface area contributed by atoms with Gasteiger partial charge in [-0.25, -0.2) is 4.98 Å². The summed E-state index contributed by atoms with van der Waals surface area (Å²) in [5.74, 6) is 1.48. The van der Waals surface area contributed by atoms with Crippen molar-refractivity contribution in [1.82, 2.24) is 24.8 Å². The van der Waals surface area contributed by atoms with Gasteiger partial charge in [-0.2, -0.15) is 4.68 Å². The first-order valence-electron chi connectivity index (χ1n) is 5.72. The lowest BCUT2D eigenvalue weighted by Crippen LogP contribution is -2.08. The van der Waals surface area contributed by atoms with E-state index < -0.39 is 0 Å². The number of aromatic nitrogens is 4. The highest BCUT2D eigenvalue weighted by atomic mass is 16.5. The predicted molar refractivity (Wildman–Crippen MR) is 68.5 cm³/mol. The van der Waals surface area contributed by atoms with Gasteiger partial charge in [0.1, 0.15) is 12.1 Å². The molecule has 0 amide bonds. The summed E-state index contributed by atoms with van der Waals surface area (Å²) < 4.78 is 6.44. The summed E-state index contributed by atoms with van der Waals surface area (Å²) >= 11 is 0. The fourth-order valence-corrected chi connectivity index (χ4v) is 1.52. The van der Waals surface area contributed by atoms with E-state index >= 15 is 0 Å². The first-order chi connectivity index (χ1) is 8.97. The lowest BCUT2D eigenvalue weighted by Gasteiger charge is -2.06. The Kier molecular flexibility index (Phi) is 3.46. The molecule has 19 heavy (non-hydrogen) atoms. The molecule has 100 valence electrons. The molecule has 0 N–H and O–H groups in total. The maximum atomic E-state index is 11.6. The van der Waals surface area contributed by atoms with E-state index in [1.54, 1.807) is 24.1 Å². The fraction of sp³-hybridized carbons (Fsp3) is 0.333. The Morgan fingerprint density at radius 1 is 1.47 bits per heavy atom. The van der Waals surface area contributed by atoms with Gasteiger partial charge in [0.05, 0.1) is 5.57 Å². The third kappa shape index (κ3) is 2.87. The van der Waals surface area contributed by atoms with E-state index in [0.717, 1.165) is 0 Å². The van der Waals surface area contributed by atoms with Gasteiger partial charge in [0, 0.05) is 26.4 Å². The van der Waals surface area contributed by atoms with Crippen LogP contribution in [0.15, 0.2) is 23.1 Å².